The Morgan fingerprint density at radius 2 is 1.76 bits per heavy atom. The van der Waals surface area contributed by atoms with Crippen molar-refractivity contribution in [3.8, 4) is 0 Å². The number of hydrogen-bond donors (Lipinski definition) is 1. The van der Waals surface area contributed by atoms with Gasteiger partial charge in [0.1, 0.15) is 5.69 Å². The maximum atomic E-state index is 12.1. The number of rotatable bonds is 3. The van der Waals surface area contributed by atoms with Gasteiger partial charge < -0.3 is 0 Å². The third-order valence-electron chi connectivity index (χ3n) is 3.10. The van der Waals surface area contributed by atoms with Crippen LogP contribution in [0.4, 0.5) is 5.13 Å². The van der Waals surface area contributed by atoms with E-state index in [2.05, 4.69) is 31.1 Å². The van der Waals surface area contributed by atoms with Crippen LogP contribution in [0.1, 0.15) is 54.1 Å². The second-order valence-electron chi connectivity index (χ2n) is 5.88. The summed E-state index contributed by atoms with van der Waals surface area (Å²) >= 11 is 1.24. The molecule has 0 atom stereocenters. The Balaban J connectivity index is 2.11. The van der Waals surface area contributed by atoms with Gasteiger partial charge in [0.2, 0.25) is 0 Å². The van der Waals surface area contributed by atoms with Crippen LogP contribution in [0, 0.1) is 0 Å². The maximum Gasteiger partial charge on any atom is 0.257 e. The van der Waals surface area contributed by atoms with Crippen LogP contribution in [0.3, 0.4) is 0 Å². The molecule has 21 heavy (non-hydrogen) atoms. The topological polar surface area (TPSA) is 59.1 Å². The van der Waals surface area contributed by atoms with Gasteiger partial charge in [-0.05, 0) is 23.1 Å². The number of carbonyl (C=O) groups is 2. The third kappa shape index (κ3) is 3.76. The van der Waals surface area contributed by atoms with Crippen LogP contribution < -0.4 is 5.32 Å². The molecule has 0 saturated heterocycles. The number of aromatic nitrogens is 1. The van der Waals surface area contributed by atoms with E-state index in [1.165, 1.54) is 23.8 Å². The van der Waals surface area contributed by atoms with Gasteiger partial charge in [0, 0.05) is 17.9 Å². The number of amides is 1. The largest absolute Gasteiger partial charge is 0.298 e. The molecule has 0 aliphatic carbocycles. The Bertz CT molecular complexity index is 666. The Morgan fingerprint density at radius 1 is 1.14 bits per heavy atom. The summed E-state index contributed by atoms with van der Waals surface area (Å²) in [5.41, 5.74) is 2.17. The highest BCUT2D eigenvalue weighted by molar-refractivity contribution is 7.14. The minimum atomic E-state index is -0.222. The lowest BCUT2D eigenvalue weighted by atomic mass is 9.87. The predicted octanol–water partition coefficient (Wildman–Crippen LogP) is 3.90. The third-order valence-corrected chi connectivity index (χ3v) is 3.86. The summed E-state index contributed by atoms with van der Waals surface area (Å²) in [4.78, 5) is 27.4. The Labute approximate surface area is 128 Å². The second kappa shape index (κ2) is 5.77. The molecule has 0 unspecified atom stereocenters. The number of thiazole rings is 1. The van der Waals surface area contributed by atoms with Crippen molar-refractivity contribution in [2.45, 2.75) is 33.1 Å². The van der Waals surface area contributed by atoms with E-state index in [1.54, 1.807) is 17.5 Å². The van der Waals surface area contributed by atoms with E-state index in [1.807, 2.05) is 12.1 Å². The fourth-order valence-corrected chi connectivity index (χ4v) is 2.53. The van der Waals surface area contributed by atoms with E-state index in [9.17, 15) is 9.59 Å². The molecule has 1 aromatic carbocycles. The van der Waals surface area contributed by atoms with Crippen LogP contribution in [-0.4, -0.2) is 16.7 Å². The fourth-order valence-electron chi connectivity index (χ4n) is 1.78. The van der Waals surface area contributed by atoms with Crippen molar-refractivity contribution >= 4 is 28.2 Å². The molecule has 1 aromatic heterocycles. The Hall–Kier alpha value is -2.01. The van der Waals surface area contributed by atoms with E-state index < -0.39 is 0 Å². The van der Waals surface area contributed by atoms with Gasteiger partial charge in [0.15, 0.2) is 10.9 Å². The first-order valence-corrected chi connectivity index (χ1v) is 7.53. The van der Waals surface area contributed by atoms with Gasteiger partial charge in [-0.25, -0.2) is 4.98 Å². The molecule has 1 amide bonds. The van der Waals surface area contributed by atoms with E-state index >= 15 is 0 Å². The second-order valence-corrected chi connectivity index (χ2v) is 6.73. The van der Waals surface area contributed by atoms with Gasteiger partial charge in [0.05, 0.1) is 0 Å². The maximum absolute atomic E-state index is 12.1. The number of ketones is 1. The summed E-state index contributed by atoms with van der Waals surface area (Å²) in [6.07, 6.45) is 0. The van der Waals surface area contributed by atoms with E-state index in [-0.39, 0.29) is 17.1 Å². The van der Waals surface area contributed by atoms with Crippen molar-refractivity contribution in [1.29, 1.82) is 0 Å². The van der Waals surface area contributed by atoms with Crippen molar-refractivity contribution in [2.24, 2.45) is 0 Å². The van der Waals surface area contributed by atoms with Gasteiger partial charge in [-0.2, -0.15) is 0 Å². The van der Waals surface area contributed by atoms with E-state index in [0.29, 0.717) is 16.4 Å². The van der Waals surface area contributed by atoms with Gasteiger partial charge >= 0.3 is 0 Å². The number of Topliss-reactive ketones (excluding diaryl/α,β-unsaturated/α-hetero) is 1. The SMILES string of the molecule is CC(=O)c1csc(NC(=O)c2ccc(C(C)(C)C)cc2)n1. The molecule has 1 heterocycles. The van der Waals surface area contributed by atoms with Crippen molar-refractivity contribution in [3.05, 3.63) is 46.5 Å². The molecular formula is C16H18N2O2S. The highest BCUT2D eigenvalue weighted by Gasteiger charge is 2.15. The lowest BCUT2D eigenvalue weighted by Gasteiger charge is -2.18. The Morgan fingerprint density at radius 3 is 2.24 bits per heavy atom. The van der Waals surface area contributed by atoms with Crippen molar-refractivity contribution in [1.82, 2.24) is 4.98 Å². The molecule has 2 aromatic rings. The number of nitrogens with zero attached hydrogens (tertiary/aromatic N) is 1. The molecule has 0 radical (unpaired) electrons. The van der Waals surface area contributed by atoms with Gasteiger partial charge in [-0.15, -0.1) is 11.3 Å². The summed E-state index contributed by atoms with van der Waals surface area (Å²) in [7, 11) is 0. The smallest absolute Gasteiger partial charge is 0.257 e. The number of carbonyl (C=O) groups excluding carboxylic acids is 2. The van der Waals surface area contributed by atoms with Crippen LogP contribution in [0.2, 0.25) is 0 Å². The molecule has 5 heteroatoms. The fraction of sp³-hybridized carbons (Fsp3) is 0.312. The Kier molecular flexibility index (Phi) is 4.23. The summed E-state index contributed by atoms with van der Waals surface area (Å²) in [5.74, 6) is -0.332. The summed E-state index contributed by atoms with van der Waals surface area (Å²) in [6, 6.07) is 7.51. The minimum Gasteiger partial charge on any atom is -0.298 e. The normalized spacial score (nSPS) is 11.2. The van der Waals surface area contributed by atoms with Gasteiger partial charge in [-0.1, -0.05) is 32.9 Å². The molecule has 0 fully saturated rings. The van der Waals surface area contributed by atoms with Gasteiger partial charge in [-0.3, -0.25) is 14.9 Å². The zero-order valence-electron chi connectivity index (χ0n) is 12.6. The van der Waals surface area contributed by atoms with Crippen LogP contribution in [0.5, 0.6) is 0 Å². The highest BCUT2D eigenvalue weighted by atomic mass is 32.1. The summed E-state index contributed by atoms with van der Waals surface area (Å²) < 4.78 is 0. The molecular weight excluding hydrogens is 284 g/mol. The van der Waals surface area contributed by atoms with Crippen molar-refractivity contribution in [2.75, 3.05) is 5.32 Å². The summed E-state index contributed by atoms with van der Waals surface area (Å²) in [6.45, 7) is 7.83. The molecule has 0 bridgehead atoms. The van der Waals surface area contributed by atoms with Crippen molar-refractivity contribution in [3.63, 3.8) is 0 Å². The lowest BCUT2D eigenvalue weighted by Crippen LogP contribution is -2.14. The zero-order valence-corrected chi connectivity index (χ0v) is 13.4. The zero-order chi connectivity index (χ0) is 15.6. The van der Waals surface area contributed by atoms with E-state index in [0.717, 1.165) is 0 Å². The monoisotopic (exact) mass is 302 g/mol. The molecule has 0 aliphatic rings. The number of benzene rings is 1. The first-order valence-electron chi connectivity index (χ1n) is 6.66. The first-order chi connectivity index (χ1) is 9.77. The molecule has 0 aliphatic heterocycles. The molecule has 4 nitrogen and oxygen atoms in total. The highest BCUT2D eigenvalue weighted by Crippen LogP contribution is 2.23. The average Bonchev–Trinajstić information content (AvgIpc) is 2.86. The van der Waals surface area contributed by atoms with E-state index in [4.69, 9.17) is 0 Å². The van der Waals surface area contributed by atoms with Gasteiger partial charge in [0.25, 0.3) is 5.91 Å². The number of anilines is 1. The minimum absolute atomic E-state index is 0.0563. The van der Waals surface area contributed by atoms with Crippen LogP contribution >= 0.6 is 11.3 Å². The first kappa shape index (κ1) is 15.4. The van der Waals surface area contributed by atoms with Crippen LogP contribution in [-0.2, 0) is 5.41 Å². The molecule has 0 spiro atoms. The average molecular weight is 302 g/mol. The molecule has 1 N–H and O–H groups in total. The summed E-state index contributed by atoms with van der Waals surface area (Å²) in [5, 5.41) is 4.78. The van der Waals surface area contributed by atoms with Crippen LogP contribution in [0.25, 0.3) is 0 Å². The molecule has 2 rings (SSSR count). The lowest BCUT2D eigenvalue weighted by molar-refractivity contribution is 0.100. The van der Waals surface area contributed by atoms with Crippen LogP contribution in [0.15, 0.2) is 29.6 Å². The van der Waals surface area contributed by atoms with Crippen molar-refractivity contribution < 1.29 is 9.59 Å². The quantitative estimate of drug-likeness (QED) is 0.875. The number of nitrogens with one attached hydrogen (secondary N) is 1. The molecule has 0 saturated carbocycles. The standard InChI is InChI=1S/C16H18N2O2S/c1-10(19)13-9-21-15(17-13)18-14(20)11-5-7-12(8-6-11)16(2,3)4/h5-9H,1-4H3,(H,17,18,20). The number of hydrogen-bond acceptors (Lipinski definition) is 4. The molecule has 110 valence electrons. The predicted molar refractivity (Wildman–Crippen MR) is 85.2 cm³/mol.